The van der Waals surface area contributed by atoms with Gasteiger partial charge < -0.3 is 10.1 Å². The SMILES string of the molecule is COc1c(F)cc(C2=CCNCC2)cc1F. The van der Waals surface area contributed by atoms with Crippen molar-refractivity contribution >= 4 is 5.57 Å². The minimum Gasteiger partial charge on any atom is -0.491 e. The lowest BCUT2D eigenvalue weighted by molar-refractivity contribution is 0.359. The van der Waals surface area contributed by atoms with Crippen molar-refractivity contribution in [2.24, 2.45) is 0 Å². The molecule has 1 aliphatic rings. The van der Waals surface area contributed by atoms with Crippen LogP contribution in [0, 0.1) is 11.6 Å². The van der Waals surface area contributed by atoms with Crippen LogP contribution in [-0.2, 0) is 0 Å². The van der Waals surface area contributed by atoms with E-state index in [1.165, 1.54) is 19.2 Å². The lowest BCUT2D eigenvalue weighted by Gasteiger charge is -2.15. The summed E-state index contributed by atoms with van der Waals surface area (Å²) < 4.78 is 31.6. The summed E-state index contributed by atoms with van der Waals surface area (Å²) in [6, 6.07) is 2.64. The second-order valence-corrected chi connectivity index (χ2v) is 3.66. The predicted molar refractivity (Wildman–Crippen MR) is 58.4 cm³/mol. The maximum absolute atomic E-state index is 13.5. The van der Waals surface area contributed by atoms with E-state index in [0.29, 0.717) is 5.56 Å². The van der Waals surface area contributed by atoms with E-state index in [-0.39, 0.29) is 5.75 Å². The first-order valence-electron chi connectivity index (χ1n) is 5.15. The van der Waals surface area contributed by atoms with Crippen molar-refractivity contribution in [1.82, 2.24) is 5.32 Å². The minimum atomic E-state index is -0.656. The molecular formula is C12H13F2NO. The van der Waals surface area contributed by atoms with Crippen LogP contribution in [0.25, 0.3) is 5.57 Å². The molecular weight excluding hydrogens is 212 g/mol. The second-order valence-electron chi connectivity index (χ2n) is 3.66. The van der Waals surface area contributed by atoms with Crippen molar-refractivity contribution in [3.05, 3.63) is 35.4 Å². The van der Waals surface area contributed by atoms with E-state index in [9.17, 15) is 8.78 Å². The van der Waals surface area contributed by atoms with Gasteiger partial charge in [-0.1, -0.05) is 6.08 Å². The van der Waals surface area contributed by atoms with Crippen molar-refractivity contribution in [2.75, 3.05) is 20.2 Å². The molecule has 1 aliphatic heterocycles. The first-order chi connectivity index (χ1) is 7.72. The molecule has 0 atom stereocenters. The lowest BCUT2D eigenvalue weighted by Crippen LogP contribution is -2.20. The Bertz CT molecular complexity index is 406. The highest BCUT2D eigenvalue weighted by Crippen LogP contribution is 2.28. The number of benzene rings is 1. The standard InChI is InChI=1S/C12H13F2NO/c1-16-12-10(13)6-9(7-11(12)14)8-2-4-15-5-3-8/h2,6-7,15H,3-5H2,1H3. The Balaban J connectivity index is 2.39. The third-order valence-electron chi connectivity index (χ3n) is 2.64. The van der Waals surface area contributed by atoms with E-state index < -0.39 is 11.6 Å². The molecule has 0 bridgehead atoms. The summed E-state index contributed by atoms with van der Waals surface area (Å²) in [5, 5.41) is 3.15. The summed E-state index contributed by atoms with van der Waals surface area (Å²) in [5.41, 5.74) is 1.57. The van der Waals surface area contributed by atoms with E-state index in [2.05, 4.69) is 10.1 Å². The largest absolute Gasteiger partial charge is 0.491 e. The molecule has 1 aromatic carbocycles. The lowest BCUT2D eigenvalue weighted by atomic mass is 10.00. The Morgan fingerprint density at radius 1 is 1.25 bits per heavy atom. The van der Waals surface area contributed by atoms with Gasteiger partial charge in [0, 0.05) is 6.54 Å². The molecule has 0 unspecified atom stereocenters. The second kappa shape index (κ2) is 4.61. The molecule has 16 heavy (non-hydrogen) atoms. The van der Waals surface area contributed by atoms with Gasteiger partial charge in [0.25, 0.3) is 0 Å². The zero-order valence-electron chi connectivity index (χ0n) is 9.02. The smallest absolute Gasteiger partial charge is 0.190 e. The number of halogens is 2. The van der Waals surface area contributed by atoms with Crippen molar-refractivity contribution in [3.8, 4) is 5.75 Å². The molecule has 4 heteroatoms. The molecule has 2 rings (SSSR count). The normalized spacial score (nSPS) is 15.8. The fraction of sp³-hybridized carbons (Fsp3) is 0.333. The van der Waals surface area contributed by atoms with E-state index in [4.69, 9.17) is 0 Å². The average Bonchev–Trinajstić information content (AvgIpc) is 2.30. The molecule has 86 valence electrons. The molecule has 0 spiro atoms. The van der Waals surface area contributed by atoms with Crippen LogP contribution in [0.4, 0.5) is 8.78 Å². The van der Waals surface area contributed by atoms with Gasteiger partial charge in [-0.15, -0.1) is 0 Å². The fourth-order valence-electron chi connectivity index (χ4n) is 1.83. The number of nitrogens with one attached hydrogen (secondary N) is 1. The quantitative estimate of drug-likeness (QED) is 0.834. The molecule has 0 aromatic heterocycles. The average molecular weight is 225 g/mol. The Morgan fingerprint density at radius 3 is 2.44 bits per heavy atom. The molecule has 0 aliphatic carbocycles. The maximum atomic E-state index is 13.5. The molecule has 2 nitrogen and oxygen atoms in total. The number of methoxy groups -OCH3 is 1. The van der Waals surface area contributed by atoms with Gasteiger partial charge in [-0.05, 0) is 36.2 Å². The highest BCUT2D eigenvalue weighted by molar-refractivity contribution is 5.67. The van der Waals surface area contributed by atoms with Gasteiger partial charge in [-0.25, -0.2) is 8.78 Å². The number of rotatable bonds is 2. The Morgan fingerprint density at radius 2 is 1.94 bits per heavy atom. The van der Waals surface area contributed by atoms with E-state index in [0.717, 1.165) is 25.1 Å². The molecule has 0 fully saturated rings. The molecule has 1 heterocycles. The van der Waals surface area contributed by atoms with E-state index >= 15 is 0 Å². The first kappa shape index (κ1) is 11.1. The van der Waals surface area contributed by atoms with Gasteiger partial charge in [0.2, 0.25) is 0 Å². The van der Waals surface area contributed by atoms with Crippen molar-refractivity contribution in [3.63, 3.8) is 0 Å². The van der Waals surface area contributed by atoms with Crippen LogP contribution in [0.15, 0.2) is 18.2 Å². The number of ether oxygens (including phenoxy) is 1. The molecule has 0 radical (unpaired) electrons. The van der Waals surface area contributed by atoms with Crippen LogP contribution >= 0.6 is 0 Å². The monoisotopic (exact) mass is 225 g/mol. The van der Waals surface area contributed by atoms with E-state index in [1.807, 2.05) is 6.08 Å². The van der Waals surface area contributed by atoms with Gasteiger partial charge in [-0.2, -0.15) is 0 Å². The van der Waals surface area contributed by atoms with Crippen LogP contribution in [-0.4, -0.2) is 20.2 Å². The van der Waals surface area contributed by atoms with Crippen molar-refractivity contribution in [1.29, 1.82) is 0 Å². The Labute approximate surface area is 92.9 Å². The third kappa shape index (κ3) is 2.07. The molecule has 1 aromatic rings. The fourth-order valence-corrected chi connectivity index (χ4v) is 1.83. The predicted octanol–water partition coefficient (Wildman–Crippen LogP) is 2.35. The first-order valence-corrected chi connectivity index (χ1v) is 5.15. The summed E-state index contributed by atoms with van der Waals surface area (Å²) in [7, 11) is 1.25. The van der Waals surface area contributed by atoms with Crippen molar-refractivity contribution < 1.29 is 13.5 Å². The maximum Gasteiger partial charge on any atom is 0.190 e. The summed E-state index contributed by atoms with van der Waals surface area (Å²) in [6.07, 6.45) is 2.73. The van der Waals surface area contributed by atoms with E-state index in [1.54, 1.807) is 0 Å². The summed E-state index contributed by atoms with van der Waals surface area (Å²) in [4.78, 5) is 0. The van der Waals surface area contributed by atoms with Gasteiger partial charge >= 0.3 is 0 Å². The van der Waals surface area contributed by atoms with Gasteiger partial charge in [0.15, 0.2) is 17.4 Å². The summed E-state index contributed by atoms with van der Waals surface area (Å²) >= 11 is 0. The highest BCUT2D eigenvalue weighted by Gasteiger charge is 2.14. The zero-order valence-corrected chi connectivity index (χ0v) is 9.02. The summed E-state index contributed by atoms with van der Waals surface area (Å²) in [6.45, 7) is 1.58. The van der Waals surface area contributed by atoms with Crippen LogP contribution in [0.2, 0.25) is 0 Å². The zero-order chi connectivity index (χ0) is 11.5. The Hall–Kier alpha value is -1.42. The van der Waals surface area contributed by atoms with Crippen LogP contribution in [0.3, 0.4) is 0 Å². The van der Waals surface area contributed by atoms with Gasteiger partial charge in [0.05, 0.1) is 7.11 Å². The van der Waals surface area contributed by atoms with Crippen LogP contribution in [0.1, 0.15) is 12.0 Å². The minimum absolute atomic E-state index is 0.321. The third-order valence-corrected chi connectivity index (χ3v) is 2.64. The molecule has 0 saturated carbocycles. The van der Waals surface area contributed by atoms with Gasteiger partial charge in [0.1, 0.15) is 0 Å². The molecule has 1 N–H and O–H groups in total. The number of hydrogen-bond donors (Lipinski definition) is 1. The van der Waals surface area contributed by atoms with Crippen LogP contribution < -0.4 is 10.1 Å². The number of hydrogen-bond acceptors (Lipinski definition) is 2. The molecule has 0 amide bonds. The molecule has 0 saturated heterocycles. The topological polar surface area (TPSA) is 21.3 Å². The Kier molecular flexibility index (Phi) is 3.19. The van der Waals surface area contributed by atoms with Crippen LogP contribution in [0.5, 0.6) is 5.75 Å². The highest BCUT2D eigenvalue weighted by atomic mass is 19.1. The van der Waals surface area contributed by atoms with Crippen molar-refractivity contribution in [2.45, 2.75) is 6.42 Å². The van der Waals surface area contributed by atoms with Gasteiger partial charge in [-0.3, -0.25) is 0 Å². The summed E-state index contributed by atoms with van der Waals surface area (Å²) in [5.74, 6) is -1.63.